The Hall–Kier alpha value is -2.33. The topological polar surface area (TPSA) is 37.5 Å². The van der Waals surface area contributed by atoms with Gasteiger partial charge in [-0.3, -0.25) is 4.99 Å². The van der Waals surface area contributed by atoms with Gasteiger partial charge in [-0.2, -0.15) is 0 Å². The van der Waals surface area contributed by atoms with E-state index in [9.17, 15) is 5.11 Å². The minimum absolute atomic E-state index is 0.216. The lowest BCUT2D eigenvalue weighted by molar-refractivity contribution is 0.475. The Balaban J connectivity index is 2.04. The molecule has 0 spiro atoms. The van der Waals surface area contributed by atoms with Crippen LogP contribution in [0.25, 0.3) is 5.69 Å². The number of aliphatic imine (C=N–C) groups is 1. The highest BCUT2D eigenvalue weighted by molar-refractivity contribution is 9.10. The van der Waals surface area contributed by atoms with E-state index in [4.69, 9.17) is 0 Å². The molecule has 0 bridgehead atoms. The van der Waals surface area contributed by atoms with Crippen molar-refractivity contribution >= 4 is 27.8 Å². The molecule has 1 N–H and O–H groups in total. The van der Waals surface area contributed by atoms with Crippen LogP contribution in [0, 0.1) is 13.8 Å². The molecule has 1 heterocycles. The molecule has 0 aliphatic carbocycles. The minimum Gasteiger partial charge on any atom is -0.508 e. The molecule has 23 heavy (non-hydrogen) atoms. The summed E-state index contributed by atoms with van der Waals surface area (Å²) < 4.78 is 3.23. The number of phenolic OH excluding ortho intramolecular Hbond substituents is 1. The second-order valence-electron chi connectivity index (χ2n) is 5.35. The van der Waals surface area contributed by atoms with Crippen molar-refractivity contribution in [2.75, 3.05) is 0 Å². The van der Waals surface area contributed by atoms with Crippen LogP contribution in [0.1, 0.15) is 17.0 Å². The molecule has 2 aromatic carbocycles. The van der Waals surface area contributed by atoms with Crippen LogP contribution in [0.4, 0.5) is 5.69 Å². The first kappa shape index (κ1) is 15.6. The minimum atomic E-state index is 0.216. The zero-order valence-electron chi connectivity index (χ0n) is 13.0. The Bertz CT molecular complexity index is 867. The molecule has 0 aliphatic heterocycles. The quantitative estimate of drug-likeness (QED) is 0.624. The number of aromatic hydroxyl groups is 1. The van der Waals surface area contributed by atoms with Gasteiger partial charge in [-0.25, -0.2) is 0 Å². The number of hydrogen-bond acceptors (Lipinski definition) is 2. The first-order valence-electron chi connectivity index (χ1n) is 7.34. The van der Waals surface area contributed by atoms with Crippen molar-refractivity contribution in [3.05, 3.63) is 76.0 Å². The fourth-order valence-corrected chi connectivity index (χ4v) is 3.22. The first-order chi connectivity index (χ1) is 11.1. The number of halogens is 1. The van der Waals surface area contributed by atoms with Crippen LogP contribution in [0.3, 0.4) is 0 Å². The van der Waals surface area contributed by atoms with Crippen LogP contribution in [0.15, 0.2) is 64.1 Å². The molecule has 0 saturated carbocycles. The third kappa shape index (κ3) is 3.08. The van der Waals surface area contributed by atoms with Crippen molar-refractivity contribution in [1.82, 2.24) is 4.57 Å². The van der Waals surface area contributed by atoms with Crippen molar-refractivity contribution in [2.24, 2.45) is 4.99 Å². The van der Waals surface area contributed by atoms with Crippen LogP contribution in [0.2, 0.25) is 0 Å². The van der Waals surface area contributed by atoms with Gasteiger partial charge in [0, 0.05) is 39.4 Å². The van der Waals surface area contributed by atoms with E-state index in [1.54, 1.807) is 18.2 Å². The number of aromatic nitrogens is 1. The SMILES string of the molecule is Cc1c(Br)c(C=Nc2cccc(O)c2)c(C)n1-c1ccccc1. The second-order valence-corrected chi connectivity index (χ2v) is 6.14. The maximum Gasteiger partial charge on any atom is 0.117 e. The van der Waals surface area contributed by atoms with E-state index in [-0.39, 0.29) is 5.75 Å². The number of benzene rings is 2. The molecule has 0 atom stereocenters. The summed E-state index contributed by atoms with van der Waals surface area (Å²) in [6, 6.07) is 17.2. The maximum atomic E-state index is 9.53. The Labute approximate surface area is 144 Å². The van der Waals surface area contributed by atoms with Gasteiger partial charge < -0.3 is 9.67 Å². The first-order valence-corrected chi connectivity index (χ1v) is 8.13. The summed E-state index contributed by atoms with van der Waals surface area (Å²) in [6.45, 7) is 4.16. The predicted molar refractivity (Wildman–Crippen MR) is 98.3 cm³/mol. The lowest BCUT2D eigenvalue weighted by Gasteiger charge is -2.08. The molecule has 0 aliphatic rings. The van der Waals surface area contributed by atoms with Gasteiger partial charge in [0.2, 0.25) is 0 Å². The smallest absolute Gasteiger partial charge is 0.117 e. The fourth-order valence-electron chi connectivity index (χ4n) is 2.65. The second kappa shape index (κ2) is 6.42. The van der Waals surface area contributed by atoms with E-state index < -0.39 is 0 Å². The van der Waals surface area contributed by atoms with E-state index in [1.165, 1.54) is 0 Å². The summed E-state index contributed by atoms with van der Waals surface area (Å²) in [5.41, 5.74) is 5.13. The third-order valence-electron chi connectivity index (χ3n) is 3.80. The van der Waals surface area contributed by atoms with Gasteiger partial charge in [0.05, 0.1) is 5.69 Å². The highest BCUT2D eigenvalue weighted by Crippen LogP contribution is 2.30. The lowest BCUT2D eigenvalue weighted by atomic mass is 10.2. The highest BCUT2D eigenvalue weighted by atomic mass is 79.9. The van der Waals surface area contributed by atoms with Crippen molar-refractivity contribution < 1.29 is 5.11 Å². The Morgan fingerprint density at radius 1 is 1.00 bits per heavy atom. The summed E-state index contributed by atoms with van der Waals surface area (Å²) in [6.07, 6.45) is 1.83. The molecule has 3 aromatic rings. The lowest BCUT2D eigenvalue weighted by Crippen LogP contribution is -1.99. The summed E-state index contributed by atoms with van der Waals surface area (Å²) in [5.74, 6) is 0.216. The Morgan fingerprint density at radius 2 is 1.74 bits per heavy atom. The highest BCUT2D eigenvalue weighted by Gasteiger charge is 2.15. The van der Waals surface area contributed by atoms with Gasteiger partial charge in [0.15, 0.2) is 0 Å². The van der Waals surface area contributed by atoms with Gasteiger partial charge >= 0.3 is 0 Å². The molecule has 0 unspecified atom stereocenters. The number of rotatable bonds is 3. The van der Waals surface area contributed by atoms with Crippen molar-refractivity contribution in [1.29, 1.82) is 0 Å². The molecule has 0 amide bonds. The zero-order valence-corrected chi connectivity index (χ0v) is 14.6. The van der Waals surface area contributed by atoms with E-state index in [2.05, 4.69) is 51.5 Å². The zero-order chi connectivity index (χ0) is 16.4. The molecule has 1 aromatic heterocycles. The van der Waals surface area contributed by atoms with Gasteiger partial charge in [-0.05, 0) is 54.0 Å². The van der Waals surface area contributed by atoms with E-state index >= 15 is 0 Å². The van der Waals surface area contributed by atoms with E-state index in [0.29, 0.717) is 0 Å². The van der Waals surface area contributed by atoms with Crippen molar-refractivity contribution in [3.8, 4) is 11.4 Å². The molecule has 0 saturated heterocycles. The normalized spacial score (nSPS) is 11.3. The fraction of sp³-hybridized carbons (Fsp3) is 0.105. The average Bonchev–Trinajstić information content (AvgIpc) is 2.76. The summed E-state index contributed by atoms with van der Waals surface area (Å²) in [4.78, 5) is 4.48. The maximum absolute atomic E-state index is 9.53. The van der Waals surface area contributed by atoms with Crippen LogP contribution in [0.5, 0.6) is 5.75 Å². The van der Waals surface area contributed by atoms with Gasteiger partial charge in [-0.1, -0.05) is 24.3 Å². The number of nitrogens with zero attached hydrogens (tertiary/aromatic N) is 2. The van der Waals surface area contributed by atoms with E-state index in [1.807, 2.05) is 30.5 Å². The molecular weight excluding hydrogens is 352 g/mol. The molecule has 116 valence electrons. The number of para-hydroxylation sites is 1. The summed E-state index contributed by atoms with van der Waals surface area (Å²) in [5, 5.41) is 9.53. The Kier molecular flexibility index (Phi) is 4.35. The van der Waals surface area contributed by atoms with Crippen LogP contribution < -0.4 is 0 Å². The van der Waals surface area contributed by atoms with Crippen LogP contribution in [-0.4, -0.2) is 15.9 Å². The summed E-state index contributed by atoms with van der Waals surface area (Å²) >= 11 is 3.68. The molecule has 0 fully saturated rings. The largest absolute Gasteiger partial charge is 0.508 e. The standard InChI is InChI=1S/C19H17BrN2O/c1-13-18(12-21-15-7-6-10-17(23)11-15)19(20)14(2)22(13)16-8-4-3-5-9-16/h3-12,23H,1-2H3. The molecular formula is C19H17BrN2O. The van der Waals surface area contributed by atoms with Crippen molar-refractivity contribution in [3.63, 3.8) is 0 Å². The molecule has 4 heteroatoms. The summed E-state index contributed by atoms with van der Waals surface area (Å²) in [7, 11) is 0. The van der Waals surface area contributed by atoms with Gasteiger partial charge in [-0.15, -0.1) is 0 Å². The number of hydrogen-bond donors (Lipinski definition) is 1. The van der Waals surface area contributed by atoms with Gasteiger partial charge in [0.1, 0.15) is 5.75 Å². The average molecular weight is 369 g/mol. The third-order valence-corrected chi connectivity index (χ3v) is 4.80. The van der Waals surface area contributed by atoms with E-state index in [0.717, 1.165) is 32.8 Å². The number of phenols is 1. The van der Waals surface area contributed by atoms with Crippen LogP contribution in [-0.2, 0) is 0 Å². The van der Waals surface area contributed by atoms with Crippen LogP contribution >= 0.6 is 15.9 Å². The Morgan fingerprint density at radius 3 is 2.43 bits per heavy atom. The predicted octanol–water partition coefficient (Wildman–Crippen LogP) is 5.31. The van der Waals surface area contributed by atoms with Gasteiger partial charge in [0.25, 0.3) is 0 Å². The molecule has 3 nitrogen and oxygen atoms in total. The monoisotopic (exact) mass is 368 g/mol. The van der Waals surface area contributed by atoms with Crippen molar-refractivity contribution in [2.45, 2.75) is 13.8 Å². The molecule has 0 radical (unpaired) electrons. The molecule has 3 rings (SSSR count).